The molecule has 0 aromatic rings. The second-order valence-electron chi connectivity index (χ2n) is 6.65. The SMILES string of the molecule is CC(=O)O.CC(C)CC(N)C(=O)O.CC(N)C(=O)O.N=C(N)NCCCC(N)C(=O)O. The lowest BCUT2D eigenvalue weighted by Crippen LogP contribution is -2.34. The van der Waals surface area contributed by atoms with Gasteiger partial charge in [0.25, 0.3) is 5.97 Å². The third-order valence-electron chi connectivity index (χ3n) is 2.76. The summed E-state index contributed by atoms with van der Waals surface area (Å²) in [4.78, 5) is 38.9. The number of hydrogen-bond acceptors (Lipinski definition) is 8. The minimum absolute atomic E-state index is 0.112. The molecule has 0 saturated heterocycles. The Kier molecular flexibility index (Phi) is 24.9. The van der Waals surface area contributed by atoms with Crippen LogP contribution in [0.15, 0.2) is 0 Å². The largest absolute Gasteiger partial charge is 0.481 e. The van der Waals surface area contributed by atoms with Crippen molar-refractivity contribution in [1.82, 2.24) is 5.32 Å². The van der Waals surface area contributed by atoms with E-state index in [4.69, 9.17) is 53.6 Å². The van der Waals surface area contributed by atoms with Gasteiger partial charge < -0.3 is 48.7 Å². The van der Waals surface area contributed by atoms with Crippen LogP contribution in [0.25, 0.3) is 0 Å². The number of nitrogens with two attached hydrogens (primary N) is 4. The fraction of sp³-hybridized carbons (Fsp3) is 0.706. The third-order valence-corrected chi connectivity index (χ3v) is 2.76. The summed E-state index contributed by atoms with van der Waals surface area (Å²) in [5, 5.41) is 41.3. The first-order valence-electron chi connectivity index (χ1n) is 9.18. The molecule has 3 atom stereocenters. The number of guanidine groups is 1. The Morgan fingerprint density at radius 1 is 0.871 bits per heavy atom. The first-order chi connectivity index (χ1) is 13.9. The molecule has 3 unspecified atom stereocenters. The van der Waals surface area contributed by atoms with Crippen LogP contribution in [0.2, 0.25) is 0 Å². The van der Waals surface area contributed by atoms with Crippen LogP contribution in [0.4, 0.5) is 0 Å². The molecule has 14 heteroatoms. The Labute approximate surface area is 181 Å². The van der Waals surface area contributed by atoms with Crippen molar-refractivity contribution in [3.8, 4) is 0 Å². The average molecular weight is 455 g/mol. The molecule has 0 spiro atoms. The monoisotopic (exact) mass is 454 g/mol. The molecule has 0 radical (unpaired) electrons. The number of carboxylic acid groups (broad SMARTS) is 4. The average Bonchev–Trinajstić information content (AvgIpc) is 2.58. The number of nitrogens with one attached hydrogen (secondary N) is 2. The van der Waals surface area contributed by atoms with Gasteiger partial charge in [0.05, 0.1) is 0 Å². The highest BCUT2D eigenvalue weighted by atomic mass is 16.4. The van der Waals surface area contributed by atoms with Crippen LogP contribution in [0.1, 0.15) is 47.0 Å². The Hall–Kier alpha value is -2.97. The van der Waals surface area contributed by atoms with Gasteiger partial charge >= 0.3 is 17.9 Å². The fourth-order valence-electron chi connectivity index (χ4n) is 1.28. The van der Waals surface area contributed by atoms with Gasteiger partial charge in [-0.1, -0.05) is 13.8 Å². The normalized spacial score (nSPS) is 12.1. The van der Waals surface area contributed by atoms with E-state index >= 15 is 0 Å². The van der Waals surface area contributed by atoms with Crippen molar-refractivity contribution >= 4 is 29.8 Å². The number of hydrogen-bond donors (Lipinski definition) is 10. The lowest BCUT2D eigenvalue weighted by Gasteiger charge is -2.07. The fourth-order valence-corrected chi connectivity index (χ4v) is 1.28. The third kappa shape index (κ3) is 42.2. The van der Waals surface area contributed by atoms with Crippen LogP contribution in [0, 0.1) is 11.3 Å². The zero-order valence-corrected chi connectivity index (χ0v) is 18.4. The van der Waals surface area contributed by atoms with E-state index in [1.807, 2.05) is 13.8 Å². The first-order valence-corrected chi connectivity index (χ1v) is 9.18. The van der Waals surface area contributed by atoms with Gasteiger partial charge in [-0.2, -0.15) is 0 Å². The van der Waals surface area contributed by atoms with Crippen molar-refractivity contribution in [1.29, 1.82) is 5.41 Å². The number of aliphatic carboxylic acids is 4. The minimum Gasteiger partial charge on any atom is -0.481 e. The van der Waals surface area contributed by atoms with E-state index in [0.29, 0.717) is 31.7 Å². The highest BCUT2D eigenvalue weighted by Crippen LogP contribution is 2.01. The predicted octanol–water partition coefficient (Wildman–Crippen LogP) is -1.38. The summed E-state index contributed by atoms with van der Waals surface area (Å²) in [7, 11) is 0. The molecule has 0 fully saturated rings. The van der Waals surface area contributed by atoms with Crippen LogP contribution in [-0.4, -0.2) is 74.9 Å². The number of carbonyl (C=O) groups is 4. The number of carboxylic acids is 4. The van der Waals surface area contributed by atoms with Crippen LogP contribution in [-0.2, 0) is 19.2 Å². The Morgan fingerprint density at radius 3 is 1.42 bits per heavy atom. The molecule has 184 valence electrons. The Bertz CT molecular complexity index is 539. The summed E-state index contributed by atoms with van der Waals surface area (Å²) in [6, 6.07) is -2.24. The van der Waals surface area contributed by atoms with Crippen molar-refractivity contribution in [3.63, 3.8) is 0 Å². The van der Waals surface area contributed by atoms with Gasteiger partial charge in [-0.3, -0.25) is 24.6 Å². The predicted molar refractivity (Wildman–Crippen MR) is 114 cm³/mol. The van der Waals surface area contributed by atoms with Crippen LogP contribution in [0.5, 0.6) is 0 Å². The van der Waals surface area contributed by atoms with Crippen LogP contribution in [0.3, 0.4) is 0 Å². The van der Waals surface area contributed by atoms with Gasteiger partial charge in [0.15, 0.2) is 5.96 Å². The van der Waals surface area contributed by atoms with Crippen molar-refractivity contribution in [2.75, 3.05) is 6.54 Å². The van der Waals surface area contributed by atoms with E-state index < -0.39 is 42.0 Å². The van der Waals surface area contributed by atoms with E-state index in [9.17, 15) is 14.4 Å². The maximum absolute atomic E-state index is 10.2. The summed E-state index contributed by atoms with van der Waals surface area (Å²) in [5.41, 5.74) is 20.3. The number of rotatable bonds is 9. The lowest BCUT2D eigenvalue weighted by atomic mass is 10.1. The van der Waals surface area contributed by atoms with E-state index in [0.717, 1.165) is 6.92 Å². The maximum Gasteiger partial charge on any atom is 0.320 e. The van der Waals surface area contributed by atoms with E-state index in [-0.39, 0.29) is 5.96 Å². The molecular weight excluding hydrogens is 416 g/mol. The van der Waals surface area contributed by atoms with E-state index in [1.54, 1.807) is 0 Å². The van der Waals surface area contributed by atoms with Gasteiger partial charge in [-0.25, -0.2) is 0 Å². The molecule has 0 aliphatic carbocycles. The van der Waals surface area contributed by atoms with Gasteiger partial charge in [0.1, 0.15) is 18.1 Å². The van der Waals surface area contributed by atoms with Crippen molar-refractivity contribution < 1.29 is 39.6 Å². The molecule has 14 nitrogen and oxygen atoms in total. The summed E-state index contributed by atoms with van der Waals surface area (Å²) in [6.07, 6.45) is 1.53. The smallest absolute Gasteiger partial charge is 0.320 e. The van der Waals surface area contributed by atoms with Crippen molar-refractivity contribution in [2.24, 2.45) is 28.9 Å². The Balaban J connectivity index is -0.000000169. The molecule has 0 aromatic heterocycles. The zero-order valence-electron chi connectivity index (χ0n) is 18.4. The highest BCUT2D eigenvalue weighted by molar-refractivity contribution is 5.74. The second kappa shape index (κ2) is 21.7. The molecule has 14 N–H and O–H groups in total. The Morgan fingerprint density at radius 2 is 1.23 bits per heavy atom. The molecule has 0 amide bonds. The first kappa shape index (κ1) is 35.5. The minimum atomic E-state index is -1.00. The van der Waals surface area contributed by atoms with E-state index in [1.165, 1.54) is 6.92 Å². The topological polar surface area (TPSA) is 289 Å². The molecule has 0 rings (SSSR count). The van der Waals surface area contributed by atoms with Gasteiger partial charge in [-0.05, 0) is 32.1 Å². The zero-order chi connectivity index (χ0) is 25.7. The van der Waals surface area contributed by atoms with E-state index in [2.05, 4.69) is 5.32 Å². The van der Waals surface area contributed by atoms with Crippen LogP contribution >= 0.6 is 0 Å². The lowest BCUT2D eigenvalue weighted by molar-refractivity contribution is -0.139. The summed E-state index contributed by atoms with van der Waals surface area (Å²) in [6.45, 7) is 6.88. The standard InChI is InChI=1S/C6H14N4O2.C6H13NO2.C3H7NO2.C2H4O2/c7-4(5(11)12)2-1-3-10-6(8)9;1-4(2)3-5(7)6(8)9;1-2(4)3(5)6;1-2(3)4/h4H,1-3,7H2,(H,11,12)(H4,8,9,10);4-5H,3,7H2,1-2H3,(H,8,9);2H,4H2,1H3,(H,5,6);1H3,(H,3,4). The summed E-state index contributed by atoms with van der Waals surface area (Å²) in [5.74, 6) is -3.47. The highest BCUT2D eigenvalue weighted by Gasteiger charge is 2.12. The molecule has 0 heterocycles. The second-order valence-corrected chi connectivity index (χ2v) is 6.65. The summed E-state index contributed by atoms with van der Waals surface area (Å²) >= 11 is 0. The van der Waals surface area contributed by atoms with Gasteiger partial charge in [0, 0.05) is 13.5 Å². The maximum atomic E-state index is 10.2. The molecule has 31 heavy (non-hydrogen) atoms. The molecule has 0 aliphatic heterocycles. The van der Waals surface area contributed by atoms with Gasteiger partial charge in [-0.15, -0.1) is 0 Å². The van der Waals surface area contributed by atoms with Crippen molar-refractivity contribution in [2.45, 2.75) is 65.1 Å². The molecule has 0 saturated carbocycles. The van der Waals surface area contributed by atoms with Gasteiger partial charge in [0.2, 0.25) is 0 Å². The van der Waals surface area contributed by atoms with Crippen molar-refractivity contribution in [3.05, 3.63) is 0 Å². The van der Waals surface area contributed by atoms with Crippen LogP contribution < -0.4 is 28.3 Å². The summed E-state index contributed by atoms with van der Waals surface area (Å²) < 4.78 is 0. The molecule has 0 aliphatic rings. The quantitative estimate of drug-likeness (QED) is 0.109. The molecule has 0 bridgehead atoms. The molecular formula is C17H38N6O8. The molecule has 0 aromatic carbocycles.